The van der Waals surface area contributed by atoms with Gasteiger partial charge in [0.15, 0.2) is 0 Å². The number of carbonyl (C=O) groups is 2. The molecule has 1 aromatic carbocycles. The van der Waals surface area contributed by atoms with Crippen LogP contribution in [0.15, 0.2) is 29.2 Å². The smallest absolute Gasteiger partial charge is 0.227 e. The molecule has 0 bridgehead atoms. The van der Waals surface area contributed by atoms with E-state index < -0.39 is 10.0 Å². The Morgan fingerprint density at radius 3 is 2.37 bits per heavy atom. The van der Waals surface area contributed by atoms with Crippen LogP contribution in [0.25, 0.3) is 0 Å². The van der Waals surface area contributed by atoms with Gasteiger partial charge < -0.3 is 9.80 Å². The molecule has 27 heavy (non-hydrogen) atoms. The largest absolute Gasteiger partial charge is 0.340 e. The molecule has 0 spiro atoms. The summed E-state index contributed by atoms with van der Waals surface area (Å²) in [5, 5.41) is 0. The van der Waals surface area contributed by atoms with Gasteiger partial charge >= 0.3 is 0 Å². The van der Waals surface area contributed by atoms with E-state index in [0.717, 1.165) is 16.3 Å². The lowest BCUT2D eigenvalue weighted by Crippen LogP contribution is -2.51. The van der Waals surface area contributed by atoms with Crippen LogP contribution in [0, 0.1) is 0 Å². The minimum Gasteiger partial charge on any atom is -0.340 e. The number of nitrogens with zero attached hydrogens (tertiary/aromatic N) is 3. The second kappa shape index (κ2) is 8.62. The number of anilines is 1. The van der Waals surface area contributed by atoms with Crippen LogP contribution in [-0.2, 0) is 19.6 Å². The number of para-hydroxylation sites is 1. The van der Waals surface area contributed by atoms with Crippen LogP contribution in [0.3, 0.4) is 0 Å². The molecule has 2 aliphatic heterocycles. The maximum atomic E-state index is 12.6. The Morgan fingerprint density at radius 1 is 1.00 bits per heavy atom. The Kier molecular flexibility index (Phi) is 6.44. The minimum absolute atomic E-state index is 0.0386. The highest BCUT2D eigenvalue weighted by molar-refractivity contribution is 7.99. The number of hydrogen-bond donors (Lipinski definition) is 0. The molecule has 1 aromatic rings. The number of sulfonamides is 1. The van der Waals surface area contributed by atoms with Crippen molar-refractivity contribution in [1.29, 1.82) is 0 Å². The second-order valence-corrected chi connectivity index (χ2v) is 9.94. The van der Waals surface area contributed by atoms with Crippen molar-refractivity contribution in [2.45, 2.75) is 24.7 Å². The Bertz CT molecular complexity index is 805. The van der Waals surface area contributed by atoms with E-state index in [1.807, 2.05) is 24.3 Å². The highest BCUT2D eigenvalue weighted by Crippen LogP contribution is 2.34. The molecule has 0 radical (unpaired) electrons. The van der Waals surface area contributed by atoms with Crippen molar-refractivity contribution in [3.8, 4) is 0 Å². The number of fused-ring (bicyclic) bond motifs is 1. The van der Waals surface area contributed by atoms with E-state index in [4.69, 9.17) is 0 Å². The standard InChI is InChI=1S/C18H25N3O4S2/c1-2-27(24,25)20-11-9-19(10-12-20)17(22)7-8-18(23)21-13-14-26-16-6-4-3-5-15(16)21/h3-6H,2,7-14H2,1H3. The summed E-state index contributed by atoms with van der Waals surface area (Å²) in [5.41, 5.74) is 0.921. The minimum atomic E-state index is -3.21. The van der Waals surface area contributed by atoms with E-state index in [9.17, 15) is 18.0 Å². The van der Waals surface area contributed by atoms with Gasteiger partial charge in [0.25, 0.3) is 0 Å². The average molecular weight is 412 g/mol. The van der Waals surface area contributed by atoms with Gasteiger partial charge in [-0.3, -0.25) is 9.59 Å². The summed E-state index contributed by atoms with van der Waals surface area (Å²) in [6.07, 6.45) is 0.330. The first-order valence-electron chi connectivity index (χ1n) is 9.20. The Hall–Kier alpha value is -1.58. The van der Waals surface area contributed by atoms with Crippen LogP contribution >= 0.6 is 11.8 Å². The monoisotopic (exact) mass is 411 g/mol. The van der Waals surface area contributed by atoms with Crippen molar-refractivity contribution < 1.29 is 18.0 Å². The zero-order valence-corrected chi connectivity index (χ0v) is 17.1. The van der Waals surface area contributed by atoms with Gasteiger partial charge in [-0.2, -0.15) is 4.31 Å². The van der Waals surface area contributed by atoms with Gasteiger partial charge in [0, 0.05) is 56.2 Å². The number of carbonyl (C=O) groups excluding carboxylic acids is 2. The number of hydrogen-bond acceptors (Lipinski definition) is 5. The number of thioether (sulfide) groups is 1. The third-order valence-electron chi connectivity index (χ3n) is 4.93. The molecule has 2 heterocycles. The van der Waals surface area contributed by atoms with Gasteiger partial charge in [-0.25, -0.2) is 8.42 Å². The van der Waals surface area contributed by atoms with Crippen LogP contribution in [-0.4, -0.2) is 73.7 Å². The summed E-state index contributed by atoms with van der Waals surface area (Å²) < 4.78 is 25.2. The van der Waals surface area contributed by atoms with Crippen LogP contribution in [0.4, 0.5) is 5.69 Å². The third kappa shape index (κ3) is 4.64. The summed E-state index contributed by atoms with van der Waals surface area (Å²) in [6, 6.07) is 7.82. The van der Waals surface area contributed by atoms with Gasteiger partial charge in [-0.1, -0.05) is 12.1 Å². The molecule has 0 saturated carbocycles. The fourth-order valence-electron chi connectivity index (χ4n) is 3.33. The fraction of sp³-hybridized carbons (Fsp3) is 0.556. The molecule has 2 amide bonds. The van der Waals surface area contributed by atoms with Gasteiger partial charge in [0.05, 0.1) is 11.4 Å². The Balaban J connectivity index is 1.51. The van der Waals surface area contributed by atoms with E-state index in [1.165, 1.54) is 4.31 Å². The summed E-state index contributed by atoms with van der Waals surface area (Å²) >= 11 is 1.74. The van der Waals surface area contributed by atoms with E-state index in [2.05, 4.69) is 0 Å². The molecular formula is C18H25N3O4S2. The van der Waals surface area contributed by atoms with Crippen LogP contribution in [0.2, 0.25) is 0 Å². The summed E-state index contributed by atoms with van der Waals surface area (Å²) in [4.78, 5) is 29.6. The zero-order chi connectivity index (χ0) is 19.4. The maximum Gasteiger partial charge on any atom is 0.227 e. The molecule has 9 heteroatoms. The first-order chi connectivity index (χ1) is 12.9. The highest BCUT2D eigenvalue weighted by atomic mass is 32.2. The normalized spacial score (nSPS) is 18.3. The first-order valence-corrected chi connectivity index (χ1v) is 11.8. The van der Waals surface area contributed by atoms with Gasteiger partial charge in [-0.15, -0.1) is 11.8 Å². The fourth-order valence-corrected chi connectivity index (χ4v) is 5.41. The molecule has 2 aliphatic rings. The predicted octanol–water partition coefficient (Wildman–Crippen LogP) is 1.40. The number of benzene rings is 1. The molecule has 1 saturated heterocycles. The number of rotatable bonds is 5. The molecular weight excluding hydrogens is 386 g/mol. The van der Waals surface area contributed by atoms with Crippen molar-refractivity contribution in [3.05, 3.63) is 24.3 Å². The third-order valence-corrected chi connectivity index (χ3v) is 7.86. The summed E-state index contributed by atoms with van der Waals surface area (Å²) in [5.74, 6) is 0.801. The molecule has 1 fully saturated rings. The first kappa shape index (κ1) is 20.2. The molecule has 0 aliphatic carbocycles. The predicted molar refractivity (Wildman–Crippen MR) is 106 cm³/mol. The second-order valence-electron chi connectivity index (χ2n) is 6.54. The van der Waals surface area contributed by atoms with Crippen LogP contribution in [0.5, 0.6) is 0 Å². The molecule has 148 valence electrons. The van der Waals surface area contributed by atoms with E-state index in [0.29, 0.717) is 32.7 Å². The highest BCUT2D eigenvalue weighted by Gasteiger charge is 2.28. The molecule has 7 nitrogen and oxygen atoms in total. The number of piperazine rings is 1. The quantitative estimate of drug-likeness (QED) is 0.732. The van der Waals surface area contributed by atoms with Crippen molar-refractivity contribution in [3.63, 3.8) is 0 Å². The SMILES string of the molecule is CCS(=O)(=O)N1CCN(C(=O)CCC(=O)N2CCSc3ccccc32)CC1. The van der Waals surface area contributed by atoms with Gasteiger partial charge in [0.1, 0.15) is 0 Å². The lowest BCUT2D eigenvalue weighted by Gasteiger charge is -2.34. The van der Waals surface area contributed by atoms with E-state index >= 15 is 0 Å². The summed E-state index contributed by atoms with van der Waals surface area (Å²) in [7, 11) is -3.21. The lowest BCUT2D eigenvalue weighted by molar-refractivity contribution is -0.134. The molecule has 0 atom stereocenters. The van der Waals surface area contributed by atoms with E-state index in [-0.39, 0.29) is 30.4 Å². The van der Waals surface area contributed by atoms with Crippen molar-refractivity contribution >= 4 is 39.3 Å². The van der Waals surface area contributed by atoms with Gasteiger partial charge in [-0.05, 0) is 19.1 Å². The van der Waals surface area contributed by atoms with E-state index in [1.54, 1.807) is 28.5 Å². The number of amides is 2. The molecule has 0 aromatic heterocycles. The topological polar surface area (TPSA) is 78.0 Å². The van der Waals surface area contributed by atoms with Crippen LogP contribution in [0.1, 0.15) is 19.8 Å². The Morgan fingerprint density at radius 2 is 1.67 bits per heavy atom. The molecule has 3 rings (SSSR count). The van der Waals surface area contributed by atoms with Crippen molar-refractivity contribution in [2.24, 2.45) is 0 Å². The lowest BCUT2D eigenvalue weighted by atomic mass is 10.2. The Labute approximate surface area is 164 Å². The van der Waals surface area contributed by atoms with Crippen LogP contribution < -0.4 is 4.90 Å². The molecule has 0 unspecified atom stereocenters. The van der Waals surface area contributed by atoms with Crippen molar-refractivity contribution in [1.82, 2.24) is 9.21 Å². The van der Waals surface area contributed by atoms with Gasteiger partial charge in [0.2, 0.25) is 21.8 Å². The average Bonchev–Trinajstić information content (AvgIpc) is 2.71. The summed E-state index contributed by atoms with van der Waals surface area (Å²) in [6.45, 7) is 3.70. The maximum absolute atomic E-state index is 12.6. The van der Waals surface area contributed by atoms with Crippen molar-refractivity contribution in [2.75, 3.05) is 49.1 Å². The zero-order valence-electron chi connectivity index (χ0n) is 15.5. The molecule has 0 N–H and O–H groups in total.